The van der Waals surface area contributed by atoms with Crippen LogP contribution in [-0.4, -0.2) is 35.2 Å². The summed E-state index contributed by atoms with van der Waals surface area (Å²) in [6.07, 6.45) is 3.36. The third-order valence-electron chi connectivity index (χ3n) is 2.24. The first-order chi connectivity index (χ1) is 10.5. The fourth-order valence-corrected chi connectivity index (χ4v) is 1.16. The average Bonchev–Trinajstić information content (AvgIpc) is 2.56. The van der Waals surface area contributed by atoms with Crippen molar-refractivity contribution in [2.75, 3.05) is 6.61 Å². The first kappa shape index (κ1) is 46.1. The molecule has 3 nitrogen and oxygen atoms in total. The van der Waals surface area contributed by atoms with E-state index in [0.717, 1.165) is 0 Å². The molecule has 0 aliphatic heterocycles. The van der Waals surface area contributed by atoms with Gasteiger partial charge in [0.25, 0.3) is 0 Å². The van der Waals surface area contributed by atoms with Crippen molar-refractivity contribution in [2.45, 2.75) is 80.6 Å². The minimum Gasteiger partial charge on any atom is -0.358 e. The minimum atomic E-state index is -1.61. The van der Waals surface area contributed by atoms with Gasteiger partial charge in [-0.1, -0.05) is 47.5 Å². The molecule has 1 atom stereocenters. The van der Waals surface area contributed by atoms with Gasteiger partial charge in [0.15, 0.2) is 8.32 Å². The van der Waals surface area contributed by atoms with Crippen LogP contribution in [0.4, 0.5) is 0 Å². The molecule has 0 aromatic rings. The van der Waals surface area contributed by atoms with Crippen LogP contribution in [0.3, 0.4) is 0 Å². The zero-order valence-corrected chi connectivity index (χ0v) is 23.9. The summed E-state index contributed by atoms with van der Waals surface area (Å²) in [5.41, 5.74) is 10.9. The summed E-state index contributed by atoms with van der Waals surface area (Å²) in [5, 5.41) is 7.57. The number of nitrogens with one attached hydrogen (secondary N) is 1. The molecule has 0 aromatic carbocycles. The average molecular weight is 479 g/mol. The van der Waals surface area contributed by atoms with E-state index >= 15 is 0 Å². The number of hydrogen-bond acceptors (Lipinski definition) is 2. The van der Waals surface area contributed by atoms with Crippen molar-refractivity contribution in [1.82, 2.24) is 0 Å². The Balaban J connectivity index is -0.0000000395. The van der Waals surface area contributed by atoms with E-state index in [9.17, 15) is 0 Å². The van der Waals surface area contributed by atoms with Gasteiger partial charge in [-0.3, -0.25) is 6.08 Å². The smallest absolute Gasteiger partial charge is 0.358 e. The fourth-order valence-electron chi connectivity index (χ4n) is 1.16. The number of aliphatic hydroxyl groups is 1. The molecule has 1 rings (SSSR count). The maximum absolute atomic E-state index is 8.66. The van der Waals surface area contributed by atoms with Gasteiger partial charge in [-0.25, -0.2) is 5.57 Å². The van der Waals surface area contributed by atoms with E-state index in [4.69, 9.17) is 15.6 Å². The summed E-state index contributed by atoms with van der Waals surface area (Å²) in [6, 6.07) is 0. The Kier molecular flexibility index (Phi) is 42.3. The summed E-state index contributed by atoms with van der Waals surface area (Å²) in [5.74, 6) is 0.560. The Morgan fingerprint density at radius 1 is 1.11 bits per heavy atom. The summed E-state index contributed by atoms with van der Waals surface area (Å²) in [4.78, 5) is 11.9. The summed E-state index contributed by atoms with van der Waals surface area (Å²) < 4.78 is 0. The van der Waals surface area contributed by atoms with Gasteiger partial charge >= 0.3 is 24.8 Å². The second-order valence-electron chi connectivity index (χ2n) is 7.54. The van der Waals surface area contributed by atoms with Crippen molar-refractivity contribution in [2.24, 2.45) is 5.92 Å². The molecule has 3 N–H and O–H groups in total. The van der Waals surface area contributed by atoms with Crippen LogP contribution >= 0.6 is 24.8 Å². The molecule has 0 radical (unpaired) electrons. The van der Waals surface area contributed by atoms with Crippen LogP contribution in [0.5, 0.6) is 0 Å². The Hall–Kier alpha value is 0.741. The number of allylic oxidation sites excluding steroid dienone is 4. The van der Waals surface area contributed by atoms with E-state index in [2.05, 4.69) is 38.6 Å². The molecule has 0 fully saturated rings. The van der Waals surface area contributed by atoms with Crippen molar-refractivity contribution in [3.63, 3.8) is 0 Å². The van der Waals surface area contributed by atoms with Crippen LogP contribution in [0.1, 0.15) is 55.4 Å². The van der Waals surface area contributed by atoms with Crippen LogP contribution in [0, 0.1) is 19.4 Å². The minimum absolute atomic E-state index is 0. The molecule has 0 aromatic heterocycles. The summed E-state index contributed by atoms with van der Waals surface area (Å²) in [6.45, 7) is 21.8. The maximum Gasteiger partial charge on any atom is -0.358 e. The molecule has 0 amide bonds. The van der Waals surface area contributed by atoms with E-state index in [0.29, 0.717) is 5.92 Å². The van der Waals surface area contributed by atoms with Crippen LogP contribution in [0.2, 0.25) is 19.6 Å². The van der Waals surface area contributed by atoms with Gasteiger partial charge in [0.1, 0.15) is 0 Å². The van der Waals surface area contributed by atoms with E-state index in [1.807, 2.05) is 40.4 Å². The molecular formula is C20H46Cl2NO2SiTi-3. The predicted octanol–water partition coefficient (Wildman–Crippen LogP) is 6.63. The molecular weight excluding hydrogens is 433 g/mol. The fraction of sp³-hybridized carbons (Fsp3) is 0.700. The first-order valence-corrected chi connectivity index (χ1v) is 12.8. The maximum atomic E-state index is 8.66. The van der Waals surface area contributed by atoms with E-state index < -0.39 is 8.32 Å². The topological polar surface area (TPSA) is 64.3 Å². The standard InChI is InChI=1S/C9H13.C4H10N.C3H10OSi.C2H6O.CH3.CH2.2ClH.Ti/c1-6-5-7(2)9(4)8(6)3;1-4(2,3)5;1-5(2,3)4;1-2-3;;;;;/h6H,1-4H3;5H,1-3H3;4H,1-3H3;3H,2H2,1H3;1H3;1H2;2*1H;/q2*-1;;;-1;;;;. The van der Waals surface area contributed by atoms with Crippen molar-refractivity contribution < 1.29 is 29.9 Å². The molecule has 0 saturated carbocycles. The zero-order chi connectivity index (χ0) is 20.7. The monoisotopic (exact) mass is 478 g/mol. The second-order valence-corrected chi connectivity index (χ2v) is 11.9. The van der Waals surface area contributed by atoms with Crippen molar-refractivity contribution in [3.05, 3.63) is 36.0 Å². The molecule has 0 spiro atoms. The Morgan fingerprint density at radius 2 is 1.30 bits per heavy atom. The van der Waals surface area contributed by atoms with Gasteiger partial charge in [0.2, 0.25) is 0 Å². The third kappa shape index (κ3) is 58.4. The number of aliphatic hydroxyl groups excluding tert-OH is 1. The first-order valence-electron chi connectivity index (χ1n) is 8.26. The van der Waals surface area contributed by atoms with Gasteiger partial charge in [-0.2, -0.15) is 11.1 Å². The van der Waals surface area contributed by atoms with Crippen LogP contribution in [0.25, 0.3) is 5.73 Å². The van der Waals surface area contributed by atoms with Crippen molar-refractivity contribution in [3.8, 4) is 0 Å². The van der Waals surface area contributed by atoms with Crippen LogP contribution in [0.15, 0.2) is 16.7 Å². The number of hydrogen-bond donors (Lipinski definition) is 2. The normalized spacial score (nSPS) is 14.3. The summed E-state index contributed by atoms with van der Waals surface area (Å²) >= 11 is 1.75. The molecule has 0 heterocycles. The summed E-state index contributed by atoms with van der Waals surface area (Å²) in [7, 11) is -1.61. The van der Waals surface area contributed by atoms with Gasteiger partial charge in [0, 0.05) is 6.61 Å². The van der Waals surface area contributed by atoms with E-state index in [1.54, 1.807) is 26.9 Å². The molecule has 7 heteroatoms. The quantitative estimate of drug-likeness (QED) is 0.303. The molecule has 1 aliphatic carbocycles. The zero-order valence-electron chi connectivity index (χ0n) is 19.7. The Bertz CT molecular complexity index is 353. The molecule has 0 bridgehead atoms. The van der Waals surface area contributed by atoms with E-state index in [-0.39, 0.29) is 44.4 Å². The van der Waals surface area contributed by atoms with Crippen molar-refractivity contribution in [1.29, 1.82) is 0 Å². The second kappa shape index (κ2) is 24.8. The van der Waals surface area contributed by atoms with Gasteiger partial charge in [-0.15, -0.1) is 37.3 Å². The Labute approximate surface area is 196 Å². The van der Waals surface area contributed by atoms with E-state index in [1.165, 1.54) is 16.7 Å². The molecule has 0 saturated heterocycles. The molecule has 168 valence electrons. The predicted molar refractivity (Wildman–Crippen MR) is 130 cm³/mol. The SMILES string of the molecule is CC(C)(C)[NH-].CC1=[C-]C(C)C(C)=C1C.CCO.C[Si](C)(C)O.Cl.Cl.[CH2]=[Ti].[CH3-]. The van der Waals surface area contributed by atoms with Crippen LogP contribution in [-0.2, 0) is 20.0 Å². The number of rotatable bonds is 0. The van der Waals surface area contributed by atoms with Crippen molar-refractivity contribution >= 4 is 37.9 Å². The van der Waals surface area contributed by atoms with Gasteiger partial charge in [-0.05, 0) is 26.6 Å². The largest absolute Gasteiger partial charge is 0.358 e. The third-order valence-corrected chi connectivity index (χ3v) is 2.24. The van der Waals surface area contributed by atoms with Crippen LogP contribution < -0.4 is 0 Å². The molecule has 1 aliphatic rings. The number of halogens is 2. The molecule has 1 unspecified atom stereocenters. The van der Waals surface area contributed by atoms with Gasteiger partial charge < -0.3 is 23.1 Å². The van der Waals surface area contributed by atoms with Gasteiger partial charge in [0.05, 0.1) is 0 Å². The Morgan fingerprint density at radius 3 is 1.33 bits per heavy atom. The molecule has 27 heavy (non-hydrogen) atoms.